The Morgan fingerprint density at radius 3 is 2.44 bits per heavy atom. The van der Waals surface area contributed by atoms with Crippen LogP contribution in [0.15, 0.2) is 30.3 Å². The number of halogens is 1. The summed E-state index contributed by atoms with van der Waals surface area (Å²) in [4.78, 5) is 24.6. The van der Waals surface area contributed by atoms with E-state index >= 15 is 0 Å². The number of nitro groups is 1. The van der Waals surface area contributed by atoms with Crippen molar-refractivity contribution in [1.29, 1.82) is 0 Å². The van der Waals surface area contributed by atoms with Crippen LogP contribution in [-0.2, 0) is 11.3 Å². The molecular formula is C19H22ClN3O4. The Kier molecular flexibility index (Phi) is 6.76. The van der Waals surface area contributed by atoms with Crippen LogP contribution in [0.1, 0.15) is 16.7 Å². The number of nitro benzene ring substituents is 1. The molecule has 7 nitrogen and oxygen atoms in total. The van der Waals surface area contributed by atoms with Crippen molar-refractivity contribution in [3.8, 4) is 5.75 Å². The zero-order valence-electron chi connectivity index (χ0n) is 15.7. The van der Waals surface area contributed by atoms with Crippen molar-refractivity contribution in [2.75, 3.05) is 26.0 Å². The average Bonchev–Trinajstić information content (AvgIpc) is 2.55. The van der Waals surface area contributed by atoms with Crippen molar-refractivity contribution in [1.82, 2.24) is 4.90 Å². The average molecular weight is 392 g/mol. The molecule has 2 rings (SSSR count). The summed E-state index contributed by atoms with van der Waals surface area (Å²) in [6, 6.07) is 8.17. The lowest BCUT2D eigenvalue weighted by molar-refractivity contribution is -0.383. The van der Waals surface area contributed by atoms with E-state index in [1.165, 1.54) is 18.2 Å². The number of carbonyl (C=O) groups excluding carboxylic acids is 1. The molecule has 0 aliphatic heterocycles. The van der Waals surface area contributed by atoms with E-state index < -0.39 is 4.92 Å². The van der Waals surface area contributed by atoms with Crippen molar-refractivity contribution >= 4 is 28.9 Å². The standard InChI is InChI=1S/C19H22ClN3O4/c1-12-7-14(8-13(2)19(12)27-4)10-22(3)11-18(24)21-16-6-5-15(20)9-17(16)23(25)26/h5-9H,10-11H2,1-4H3,(H,21,24). The molecule has 8 heteroatoms. The van der Waals surface area contributed by atoms with Crippen LogP contribution in [0.3, 0.4) is 0 Å². The van der Waals surface area contributed by atoms with Crippen molar-refractivity contribution in [2.45, 2.75) is 20.4 Å². The second kappa shape index (κ2) is 8.83. The van der Waals surface area contributed by atoms with Crippen LogP contribution in [0.2, 0.25) is 5.02 Å². The molecule has 27 heavy (non-hydrogen) atoms. The lowest BCUT2D eigenvalue weighted by Gasteiger charge is -2.18. The predicted octanol–water partition coefficient (Wildman–Crippen LogP) is 3.94. The van der Waals surface area contributed by atoms with Gasteiger partial charge in [-0.25, -0.2) is 0 Å². The van der Waals surface area contributed by atoms with Gasteiger partial charge in [-0.1, -0.05) is 23.7 Å². The first kappa shape index (κ1) is 20.7. The van der Waals surface area contributed by atoms with E-state index in [0.717, 1.165) is 22.4 Å². The molecule has 0 atom stereocenters. The summed E-state index contributed by atoms with van der Waals surface area (Å²) < 4.78 is 5.36. The fourth-order valence-electron chi connectivity index (χ4n) is 3.02. The number of carbonyl (C=O) groups is 1. The molecule has 0 aliphatic carbocycles. The van der Waals surface area contributed by atoms with Gasteiger partial charge in [0.15, 0.2) is 0 Å². The lowest BCUT2D eigenvalue weighted by atomic mass is 10.1. The van der Waals surface area contributed by atoms with Crippen LogP contribution in [0.5, 0.6) is 5.75 Å². The van der Waals surface area contributed by atoms with Crippen molar-refractivity contribution in [3.05, 3.63) is 62.2 Å². The molecule has 0 radical (unpaired) electrons. The van der Waals surface area contributed by atoms with Gasteiger partial charge in [0.05, 0.1) is 18.6 Å². The van der Waals surface area contributed by atoms with Crippen LogP contribution in [0, 0.1) is 24.0 Å². The fraction of sp³-hybridized carbons (Fsp3) is 0.316. The zero-order valence-corrected chi connectivity index (χ0v) is 16.5. The summed E-state index contributed by atoms with van der Waals surface area (Å²) >= 11 is 5.78. The molecule has 0 saturated carbocycles. The quantitative estimate of drug-likeness (QED) is 0.570. The van der Waals surface area contributed by atoms with Crippen LogP contribution in [0.4, 0.5) is 11.4 Å². The van der Waals surface area contributed by atoms with Gasteiger partial charge in [-0.05, 0) is 49.7 Å². The van der Waals surface area contributed by atoms with Gasteiger partial charge in [-0.2, -0.15) is 0 Å². The molecule has 2 aromatic rings. The first-order valence-electron chi connectivity index (χ1n) is 8.27. The third kappa shape index (κ3) is 5.42. The summed E-state index contributed by atoms with van der Waals surface area (Å²) in [7, 11) is 3.45. The molecule has 0 aliphatic rings. The molecule has 2 aromatic carbocycles. The molecule has 0 fully saturated rings. The number of likely N-dealkylation sites (N-methyl/N-ethyl adjacent to an activating group) is 1. The topological polar surface area (TPSA) is 84.7 Å². The second-order valence-electron chi connectivity index (χ2n) is 6.40. The number of anilines is 1. The van der Waals surface area contributed by atoms with Gasteiger partial charge < -0.3 is 10.1 Å². The van der Waals surface area contributed by atoms with Crippen molar-refractivity contribution in [2.24, 2.45) is 0 Å². The summed E-state index contributed by atoms with van der Waals surface area (Å²) in [6.07, 6.45) is 0. The largest absolute Gasteiger partial charge is 0.496 e. The van der Waals surface area contributed by atoms with E-state index in [1.807, 2.05) is 37.9 Å². The highest BCUT2D eigenvalue weighted by molar-refractivity contribution is 6.31. The third-order valence-electron chi connectivity index (χ3n) is 4.02. The number of benzene rings is 2. The van der Waals surface area contributed by atoms with Gasteiger partial charge in [0.25, 0.3) is 5.69 Å². The predicted molar refractivity (Wildman–Crippen MR) is 106 cm³/mol. The Labute approximate surface area is 163 Å². The van der Waals surface area contributed by atoms with Gasteiger partial charge in [0, 0.05) is 17.6 Å². The number of ether oxygens (including phenoxy) is 1. The monoisotopic (exact) mass is 391 g/mol. The Morgan fingerprint density at radius 2 is 1.89 bits per heavy atom. The molecule has 0 spiro atoms. The molecule has 0 heterocycles. The minimum atomic E-state index is -0.575. The van der Waals surface area contributed by atoms with E-state index in [-0.39, 0.29) is 28.8 Å². The van der Waals surface area contributed by atoms with E-state index in [2.05, 4.69) is 5.32 Å². The van der Waals surface area contributed by atoms with Crippen molar-refractivity contribution < 1.29 is 14.5 Å². The lowest BCUT2D eigenvalue weighted by Crippen LogP contribution is -2.30. The highest BCUT2D eigenvalue weighted by Gasteiger charge is 2.17. The molecular weight excluding hydrogens is 370 g/mol. The Hall–Kier alpha value is -2.64. The summed E-state index contributed by atoms with van der Waals surface area (Å²) in [5.41, 5.74) is 3.00. The van der Waals surface area contributed by atoms with Gasteiger partial charge >= 0.3 is 0 Å². The maximum absolute atomic E-state index is 12.3. The number of nitrogens with zero attached hydrogens (tertiary/aromatic N) is 2. The molecule has 0 aromatic heterocycles. The first-order chi connectivity index (χ1) is 12.7. The molecule has 0 unspecified atom stereocenters. The summed E-state index contributed by atoms with van der Waals surface area (Å²) in [5.74, 6) is 0.513. The van der Waals surface area contributed by atoms with E-state index in [9.17, 15) is 14.9 Å². The third-order valence-corrected chi connectivity index (χ3v) is 4.26. The number of rotatable bonds is 7. The number of amides is 1. The zero-order chi connectivity index (χ0) is 20.1. The summed E-state index contributed by atoms with van der Waals surface area (Å²) in [6.45, 7) is 4.59. The Morgan fingerprint density at radius 1 is 1.26 bits per heavy atom. The van der Waals surface area contributed by atoms with Crippen LogP contribution < -0.4 is 10.1 Å². The molecule has 0 saturated heterocycles. The number of methoxy groups -OCH3 is 1. The number of hydrogen-bond donors (Lipinski definition) is 1. The molecule has 1 amide bonds. The van der Waals surface area contributed by atoms with E-state index in [0.29, 0.717) is 6.54 Å². The number of nitrogens with one attached hydrogen (secondary N) is 1. The summed E-state index contributed by atoms with van der Waals surface area (Å²) in [5, 5.41) is 13.9. The fourth-order valence-corrected chi connectivity index (χ4v) is 3.18. The van der Waals surface area contributed by atoms with Gasteiger partial charge in [0.1, 0.15) is 11.4 Å². The van der Waals surface area contributed by atoms with Gasteiger partial charge in [0.2, 0.25) is 5.91 Å². The Bertz CT molecular complexity index is 847. The van der Waals surface area contributed by atoms with Crippen LogP contribution in [-0.4, -0.2) is 36.4 Å². The van der Waals surface area contributed by atoms with Crippen LogP contribution in [0.25, 0.3) is 0 Å². The van der Waals surface area contributed by atoms with Crippen molar-refractivity contribution in [3.63, 3.8) is 0 Å². The van der Waals surface area contributed by atoms with Crippen LogP contribution >= 0.6 is 11.6 Å². The maximum Gasteiger partial charge on any atom is 0.294 e. The molecule has 1 N–H and O–H groups in total. The second-order valence-corrected chi connectivity index (χ2v) is 6.84. The minimum absolute atomic E-state index is 0.0872. The Balaban J connectivity index is 2.03. The number of hydrogen-bond acceptors (Lipinski definition) is 5. The van der Waals surface area contributed by atoms with Gasteiger partial charge in [-0.3, -0.25) is 19.8 Å². The van der Waals surface area contributed by atoms with E-state index in [1.54, 1.807) is 7.11 Å². The molecule has 0 bridgehead atoms. The highest BCUT2D eigenvalue weighted by atomic mass is 35.5. The smallest absolute Gasteiger partial charge is 0.294 e. The first-order valence-corrected chi connectivity index (χ1v) is 8.65. The SMILES string of the molecule is COc1c(C)cc(CN(C)CC(=O)Nc2ccc(Cl)cc2[N+](=O)[O-])cc1C. The molecule has 144 valence electrons. The van der Waals surface area contributed by atoms with Gasteiger partial charge in [-0.15, -0.1) is 0 Å². The normalized spacial score (nSPS) is 10.7. The van der Waals surface area contributed by atoms with E-state index in [4.69, 9.17) is 16.3 Å². The highest BCUT2D eigenvalue weighted by Crippen LogP contribution is 2.28. The number of aryl methyl sites for hydroxylation is 2. The minimum Gasteiger partial charge on any atom is -0.496 e. The maximum atomic E-state index is 12.3.